The van der Waals surface area contributed by atoms with Crippen molar-refractivity contribution in [1.29, 1.82) is 0 Å². The van der Waals surface area contributed by atoms with Crippen LogP contribution in [0.25, 0.3) is 11.0 Å². The van der Waals surface area contributed by atoms with Crippen molar-refractivity contribution >= 4 is 17.0 Å². The second-order valence-electron chi connectivity index (χ2n) is 4.53. The molecule has 0 radical (unpaired) electrons. The van der Waals surface area contributed by atoms with E-state index in [1.54, 1.807) is 14.2 Å². The molecule has 2 rings (SSSR count). The predicted octanol–water partition coefficient (Wildman–Crippen LogP) is 2.44. The lowest BCUT2D eigenvalue weighted by Crippen LogP contribution is -2.04. The Labute approximate surface area is 113 Å². The molecule has 0 saturated heterocycles. The lowest BCUT2D eigenvalue weighted by Gasteiger charge is -2.07. The lowest BCUT2D eigenvalue weighted by molar-refractivity contribution is 0.191. The first-order valence-electron chi connectivity index (χ1n) is 6.55. The van der Waals surface area contributed by atoms with Gasteiger partial charge in [0.25, 0.3) is 0 Å². The maximum absolute atomic E-state index is 5.97. The first-order chi connectivity index (χ1) is 9.26. The van der Waals surface area contributed by atoms with Gasteiger partial charge in [0.15, 0.2) is 0 Å². The molecule has 104 valence electrons. The quantitative estimate of drug-likeness (QED) is 0.779. The van der Waals surface area contributed by atoms with Crippen LogP contribution in [0.4, 0.5) is 5.95 Å². The molecule has 0 fully saturated rings. The molecule has 5 heteroatoms. The van der Waals surface area contributed by atoms with E-state index in [1.807, 2.05) is 22.8 Å². The largest absolute Gasteiger partial charge is 0.497 e. The number of benzene rings is 1. The number of aryl methyl sites for hydroxylation is 1. The highest BCUT2D eigenvalue weighted by Gasteiger charge is 2.08. The van der Waals surface area contributed by atoms with Crippen LogP contribution in [0.1, 0.15) is 19.3 Å². The molecule has 0 saturated carbocycles. The number of hydrogen-bond donors (Lipinski definition) is 1. The first-order valence-corrected chi connectivity index (χ1v) is 6.55. The predicted molar refractivity (Wildman–Crippen MR) is 76.4 cm³/mol. The molecule has 19 heavy (non-hydrogen) atoms. The summed E-state index contributed by atoms with van der Waals surface area (Å²) in [4.78, 5) is 4.36. The first kappa shape index (κ1) is 13.7. The van der Waals surface area contributed by atoms with Crippen LogP contribution in [-0.2, 0) is 11.3 Å². The molecule has 0 atom stereocenters. The number of nitrogen functional groups attached to an aromatic ring is 1. The second kappa shape index (κ2) is 6.43. The number of nitrogens with zero attached hydrogens (tertiary/aromatic N) is 2. The van der Waals surface area contributed by atoms with Gasteiger partial charge in [-0.15, -0.1) is 0 Å². The summed E-state index contributed by atoms with van der Waals surface area (Å²) in [5, 5.41) is 0. The standard InChI is InChI=1S/C14H21N3O2/c1-18-9-5-3-4-8-17-13-10-11(19-2)6-7-12(13)16-14(17)15/h6-7,10H,3-5,8-9H2,1-2H3,(H2,15,16). The highest BCUT2D eigenvalue weighted by molar-refractivity contribution is 5.79. The number of ether oxygens (including phenoxy) is 2. The van der Waals surface area contributed by atoms with Crippen LogP contribution in [0, 0.1) is 0 Å². The Kier molecular flexibility index (Phi) is 4.63. The van der Waals surface area contributed by atoms with Crippen molar-refractivity contribution in [2.75, 3.05) is 26.6 Å². The molecule has 5 nitrogen and oxygen atoms in total. The highest BCUT2D eigenvalue weighted by atomic mass is 16.5. The number of unbranched alkanes of at least 4 members (excludes halogenated alkanes) is 2. The summed E-state index contributed by atoms with van der Waals surface area (Å²) in [5.74, 6) is 1.39. The summed E-state index contributed by atoms with van der Waals surface area (Å²) in [7, 11) is 3.39. The molecule has 2 aromatic rings. The molecule has 2 N–H and O–H groups in total. The van der Waals surface area contributed by atoms with Crippen LogP contribution < -0.4 is 10.5 Å². The number of anilines is 1. The Bertz CT molecular complexity index is 537. The molecule has 0 unspecified atom stereocenters. The van der Waals surface area contributed by atoms with E-state index in [0.717, 1.165) is 49.2 Å². The van der Waals surface area contributed by atoms with Crippen molar-refractivity contribution in [1.82, 2.24) is 9.55 Å². The van der Waals surface area contributed by atoms with Crippen LogP contribution in [-0.4, -0.2) is 30.4 Å². The molecule has 1 aromatic carbocycles. The molecule has 0 aliphatic heterocycles. The third kappa shape index (κ3) is 3.17. The highest BCUT2D eigenvalue weighted by Crippen LogP contribution is 2.23. The van der Waals surface area contributed by atoms with Crippen molar-refractivity contribution < 1.29 is 9.47 Å². The zero-order chi connectivity index (χ0) is 13.7. The minimum atomic E-state index is 0.565. The number of imidazole rings is 1. The van der Waals surface area contributed by atoms with Gasteiger partial charge in [0.1, 0.15) is 5.75 Å². The van der Waals surface area contributed by atoms with Crippen LogP contribution in [0.2, 0.25) is 0 Å². The smallest absolute Gasteiger partial charge is 0.201 e. The molecular weight excluding hydrogens is 242 g/mol. The van der Waals surface area contributed by atoms with Crippen molar-refractivity contribution in [2.45, 2.75) is 25.8 Å². The maximum Gasteiger partial charge on any atom is 0.201 e. The number of hydrogen-bond acceptors (Lipinski definition) is 4. The molecular formula is C14H21N3O2. The Morgan fingerprint density at radius 2 is 2.05 bits per heavy atom. The summed E-state index contributed by atoms with van der Waals surface area (Å²) < 4.78 is 12.3. The van der Waals surface area contributed by atoms with Crippen LogP contribution in [0.5, 0.6) is 5.75 Å². The van der Waals surface area contributed by atoms with Crippen molar-refractivity contribution in [3.8, 4) is 5.75 Å². The molecule has 1 heterocycles. The van der Waals surface area contributed by atoms with Gasteiger partial charge in [0, 0.05) is 26.3 Å². The fraction of sp³-hybridized carbons (Fsp3) is 0.500. The number of nitrogens with two attached hydrogens (primary N) is 1. The Morgan fingerprint density at radius 3 is 2.79 bits per heavy atom. The van der Waals surface area contributed by atoms with E-state index >= 15 is 0 Å². The minimum absolute atomic E-state index is 0.565. The molecule has 0 bridgehead atoms. The van der Waals surface area contributed by atoms with Crippen molar-refractivity contribution in [3.05, 3.63) is 18.2 Å². The Hall–Kier alpha value is -1.75. The molecule has 0 spiro atoms. The van der Waals surface area contributed by atoms with Crippen LogP contribution >= 0.6 is 0 Å². The topological polar surface area (TPSA) is 62.3 Å². The zero-order valence-electron chi connectivity index (χ0n) is 11.6. The van der Waals surface area contributed by atoms with Gasteiger partial charge in [0.2, 0.25) is 5.95 Å². The van der Waals surface area contributed by atoms with E-state index in [4.69, 9.17) is 15.2 Å². The van der Waals surface area contributed by atoms with E-state index in [1.165, 1.54) is 0 Å². The van der Waals surface area contributed by atoms with Crippen LogP contribution in [0.3, 0.4) is 0 Å². The number of aromatic nitrogens is 2. The summed E-state index contributed by atoms with van der Waals surface area (Å²) in [6.45, 7) is 1.69. The van der Waals surface area contributed by atoms with E-state index in [0.29, 0.717) is 5.95 Å². The van der Waals surface area contributed by atoms with Gasteiger partial charge < -0.3 is 19.8 Å². The third-order valence-corrected chi connectivity index (χ3v) is 3.22. The van der Waals surface area contributed by atoms with Gasteiger partial charge in [-0.1, -0.05) is 0 Å². The van der Waals surface area contributed by atoms with Gasteiger partial charge in [-0.05, 0) is 31.4 Å². The van der Waals surface area contributed by atoms with Gasteiger partial charge in [-0.25, -0.2) is 4.98 Å². The molecule has 0 amide bonds. The maximum atomic E-state index is 5.97. The van der Waals surface area contributed by atoms with Gasteiger partial charge >= 0.3 is 0 Å². The van der Waals surface area contributed by atoms with E-state index < -0.39 is 0 Å². The zero-order valence-corrected chi connectivity index (χ0v) is 11.6. The summed E-state index contributed by atoms with van der Waals surface area (Å²) in [6, 6.07) is 5.82. The van der Waals surface area contributed by atoms with E-state index in [2.05, 4.69) is 4.98 Å². The molecule has 0 aliphatic rings. The Morgan fingerprint density at radius 1 is 1.21 bits per heavy atom. The normalized spacial score (nSPS) is 11.1. The van der Waals surface area contributed by atoms with E-state index in [-0.39, 0.29) is 0 Å². The fourth-order valence-corrected chi connectivity index (χ4v) is 2.18. The number of rotatable bonds is 7. The van der Waals surface area contributed by atoms with Crippen molar-refractivity contribution in [2.24, 2.45) is 0 Å². The summed E-state index contributed by atoms with van der Waals surface area (Å²) >= 11 is 0. The summed E-state index contributed by atoms with van der Waals surface area (Å²) in [6.07, 6.45) is 3.26. The average Bonchev–Trinajstić information content (AvgIpc) is 2.74. The van der Waals surface area contributed by atoms with Gasteiger partial charge in [-0.2, -0.15) is 0 Å². The van der Waals surface area contributed by atoms with Crippen molar-refractivity contribution in [3.63, 3.8) is 0 Å². The van der Waals surface area contributed by atoms with Crippen LogP contribution in [0.15, 0.2) is 18.2 Å². The average molecular weight is 263 g/mol. The van der Waals surface area contributed by atoms with Gasteiger partial charge in [0.05, 0.1) is 18.1 Å². The Balaban J connectivity index is 2.10. The minimum Gasteiger partial charge on any atom is -0.497 e. The number of methoxy groups -OCH3 is 2. The molecule has 1 aromatic heterocycles. The number of fused-ring (bicyclic) bond motifs is 1. The summed E-state index contributed by atoms with van der Waals surface area (Å²) in [5.41, 5.74) is 7.92. The third-order valence-electron chi connectivity index (χ3n) is 3.22. The lowest BCUT2D eigenvalue weighted by atomic mass is 10.2. The second-order valence-corrected chi connectivity index (χ2v) is 4.53. The van der Waals surface area contributed by atoms with E-state index in [9.17, 15) is 0 Å². The monoisotopic (exact) mass is 263 g/mol. The fourth-order valence-electron chi connectivity index (χ4n) is 2.18. The van der Waals surface area contributed by atoms with Gasteiger partial charge in [-0.3, -0.25) is 0 Å². The SMILES string of the molecule is COCCCCCn1c(N)nc2ccc(OC)cc21. The molecule has 0 aliphatic carbocycles.